The molecule has 8 heteroatoms. The van der Waals surface area contributed by atoms with Crippen LogP contribution in [-0.4, -0.2) is 18.5 Å². The van der Waals surface area contributed by atoms with Gasteiger partial charge in [-0.15, -0.1) is 0 Å². The quantitative estimate of drug-likeness (QED) is 0.269. The van der Waals surface area contributed by atoms with Crippen LogP contribution in [0.3, 0.4) is 0 Å². The fraction of sp³-hybridized carbons (Fsp3) is 0.0800. The van der Waals surface area contributed by atoms with Gasteiger partial charge in [0.2, 0.25) is 11.2 Å². The zero-order chi connectivity index (χ0) is 23.4. The van der Waals surface area contributed by atoms with Crippen LogP contribution < -0.4 is 14.9 Å². The molecule has 33 heavy (non-hydrogen) atoms. The number of halogens is 1. The number of benzene rings is 3. The lowest BCUT2D eigenvalue weighted by Crippen LogP contribution is -2.09. The summed E-state index contributed by atoms with van der Waals surface area (Å²) in [6, 6.07) is 16.9. The van der Waals surface area contributed by atoms with E-state index < -0.39 is 17.4 Å². The van der Waals surface area contributed by atoms with Crippen LogP contribution >= 0.6 is 11.6 Å². The van der Waals surface area contributed by atoms with Crippen LogP contribution in [0.2, 0.25) is 5.02 Å². The van der Waals surface area contributed by atoms with Crippen LogP contribution in [0.15, 0.2) is 82.2 Å². The summed E-state index contributed by atoms with van der Waals surface area (Å²) in [7, 11) is 0. The maximum atomic E-state index is 12.8. The van der Waals surface area contributed by atoms with Gasteiger partial charge in [-0.25, -0.2) is 9.59 Å². The Bertz CT molecular complexity index is 1370. The summed E-state index contributed by atoms with van der Waals surface area (Å²) < 4.78 is 21.4. The fourth-order valence-electron chi connectivity index (χ4n) is 2.98. The Labute approximate surface area is 193 Å². The van der Waals surface area contributed by atoms with Crippen molar-refractivity contribution >= 4 is 34.5 Å². The van der Waals surface area contributed by atoms with Crippen molar-refractivity contribution < 1.29 is 28.2 Å². The van der Waals surface area contributed by atoms with Gasteiger partial charge < -0.3 is 18.6 Å². The third-order valence-electron chi connectivity index (χ3n) is 4.60. The first-order chi connectivity index (χ1) is 15.9. The maximum absolute atomic E-state index is 12.8. The normalized spacial score (nSPS) is 10.6. The van der Waals surface area contributed by atoms with Gasteiger partial charge in [-0.2, -0.15) is 0 Å². The summed E-state index contributed by atoms with van der Waals surface area (Å²) in [4.78, 5) is 36.8. The third-order valence-corrected chi connectivity index (χ3v) is 4.85. The number of carbonyl (C=O) groups is 2. The molecule has 0 saturated carbocycles. The monoisotopic (exact) mass is 464 g/mol. The molecule has 0 unspecified atom stereocenters. The number of rotatable bonds is 6. The zero-order valence-electron chi connectivity index (χ0n) is 17.4. The van der Waals surface area contributed by atoms with Gasteiger partial charge in [0.1, 0.15) is 23.3 Å². The number of carbonyl (C=O) groups excluding carboxylic acids is 2. The molecular formula is C25H17ClO7. The van der Waals surface area contributed by atoms with Gasteiger partial charge in [0.25, 0.3) is 0 Å². The number of esters is 2. The molecule has 0 aliphatic heterocycles. The highest BCUT2D eigenvalue weighted by molar-refractivity contribution is 6.30. The molecule has 0 aliphatic carbocycles. The molecule has 0 atom stereocenters. The second-order valence-electron chi connectivity index (χ2n) is 6.83. The van der Waals surface area contributed by atoms with E-state index in [1.54, 1.807) is 43.3 Å². The minimum absolute atomic E-state index is 0.0303. The minimum Gasteiger partial charge on any atom is -0.462 e. The van der Waals surface area contributed by atoms with Crippen LogP contribution in [0.5, 0.6) is 17.2 Å². The summed E-state index contributed by atoms with van der Waals surface area (Å²) >= 11 is 5.83. The second-order valence-corrected chi connectivity index (χ2v) is 7.27. The van der Waals surface area contributed by atoms with E-state index in [0.29, 0.717) is 21.9 Å². The van der Waals surface area contributed by atoms with Crippen LogP contribution in [0.25, 0.3) is 11.0 Å². The van der Waals surface area contributed by atoms with E-state index in [1.165, 1.54) is 36.6 Å². The van der Waals surface area contributed by atoms with E-state index in [1.807, 2.05) is 0 Å². The van der Waals surface area contributed by atoms with Gasteiger partial charge in [0.05, 0.1) is 23.1 Å². The largest absolute Gasteiger partial charge is 0.462 e. The van der Waals surface area contributed by atoms with E-state index in [9.17, 15) is 14.4 Å². The number of ether oxygens (including phenoxy) is 3. The van der Waals surface area contributed by atoms with Crippen LogP contribution in [0.4, 0.5) is 0 Å². The van der Waals surface area contributed by atoms with E-state index in [2.05, 4.69) is 0 Å². The average Bonchev–Trinajstić information content (AvgIpc) is 2.82. The molecule has 0 amide bonds. The summed E-state index contributed by atoms with van der Waals surface area (Å²) in [6.45, 7) is 2.00. The van der Waals surface area contributed by atoms with E-state index in [0.717, 1.165) is 0 Å². The minimum atomic E-state index is -0.570. The Morgan fingerprint density at radius 3 is 2.21 bits per heavy atom. The average molecular weight is 465 g/mol. The maximum Gasteiger partial charge on any atom is 0.343 e. The van der Waals surface area contributed by atoms with Gasteiger partial charge in [-0.05, 0) is 67.6 Å². The van der Waals surface area contributed by atoms with Crippen LogP contribution in [0, 0.1) is 0 Å². The SMILES string of the molecule is CCOC(=O)c1ccc(Oc2coc3cc(OC(=O)c4ccc(Cl)cc4)ccc3c2=O)cc1. The van der Waals surface area contributed by atoms with E-state index >= 15 is 0 Å². The molecule has 166 valence electrons. The van der Waals surface area contributed by atoms with Crippen molar-refractivity contribution in [2.24, 2.45) is 0 Å². The zero-order valence-corrected chi connectivity index (χ0v) is 18.1. The molecule has 0 aliphatic rings. The lowest BCUT2D eigenvalue weighted by Gasteiger charge is -2.08. The van der Waals surface area contributed by atoms with Crippen molar-refractivity contribution in [3.8, 4) is 17.2 Å². The molecule has 7 nitrogen and oxygen atoms in total. The van der Waals surface area contributed by atoms with Gasteiger partial charge in [0.15, 0.2) is 0 Å². The Morgan fingerprint density at radius 1 is 0.879 bits per heavy atom. The Balaban J connectivity index is 1.52. The highest BCUT2D eigenvalue weighted by Gasteiger charge is 2.14. The first-order valence-corrected chi connectivity index (χ1v) is 10.3. The van der Waals surface area contributed by atoms with Crippen molar-refractivity contribution in [1.29, 1.82) is 0 Å². The van der Waals surface area contributed by atoms with Gasteiger partial charge >= 0.3 is 11.9 Å². The van der Waals surface area contributed by atoms with E-state index in [-0.39, 0.29) is 29.1 Å². The lowest BCUT2D eigenvalue weighted by atomic mass is 10.2. The molecule has 4 aromatic rings. The molecule has 0 saturated heterocycles. The number of fused-ring (bicyclic) bond motifs is 1. The first kappa shape index (κ1) is 22.1. The van der Waals surface area contributed by atoms with Crippen molar-refractivity contribution in [3.05, 3.63) is 99.4 Å². The van der Waals surface area contributed by atoms with Crippen molar-refractivity contribution in [3.63, 3.8) is 0 Å². The van der Waals surface area contributed by atoms with Gasteiger partial charge in [-0.3, -0.25) is 4.79 Å². The number of hydrogen-bond acceptors (Lipinski definition) is 7. The van der Waals surface area contributed by atoms with Crippen molar-refractivity contribution in [2.75, 3.05) is 6.61 Å². The first-order valence-electron chi connectivity index (χ1n) is 9.93. The van der Waals surface area contributed by atoms with Crippen molar-refractivity contribution in [1.82, 2.24) is 0 Å². The molecule has 0 fully saturated rings. The lowest BCUT2D eigenvalue weighted by molar-refractivity contribution is 0.0526. The summed E-state index contributed by atoms with van der Waals surface area (Å²) in [5, 5.41) is 0.758. The molecule has 1 heterocycles. The topological polar surface area (TPSA) is 92.0 Å². The standard InChI is InChI=1S/C25H17ClO7/c1-2-30-24(28)15-5-9-18(10-6-15)32-22-14-31-21-13-19(11-12-20(21)23(22)27)33-25(29)16-3-7-17(26)8-4-16/h3-14H,2H2,1H3. The van der Waals surface area contributed by atoms with Crippen molar-refractivity contribution in [2.45, 2.75) is 6.92 Å². The van der Waals surface area contributed by atoms with Gasteiger partial charge in [-0.1, -0.05) is 11.6 Å². The Morgan fingerprint density at radius 2 is 1.52 bits per heavy atom. The highest BCUT2D eigenvalue weighted by Crippen LogP contribution is 2.25. The molecule has 0 N–H and O–H groups in total. The Hall–Kier alpha value is -4.10. The van der Waals surface area contributed by atoms with Gasteiger partial charge in [0, 0.05) is 11.1 Å². The molecule has 0 radical (unpaired) electrons. The molecule has 1 aromatic heterocycles. The molecule has 4 rings (SSSR count). The predicted octanol–water partition coefficient (Wildman–Crippen LogP) is 5.63. The predicted molar refractivity (Wildman–Crippen MR) is 121 cm³/mol. The molecule has 0 spiro atoms. The summed E-state index contributed by atoms with van der Waals surface area (Å²) in [5.41, 5.74) is 0.529. The Kier molecular flexibility index (Phi) is 6.42. The molecule has 0 bridgehead atoms. The highest BCUT2D eigenvalue weighted by atomic mass is 35.5. The van der Waals surface area contributed by atoms with E-state index in [4.69, 9.17) is 30.2 Å². The summed E-state index contributed by atoms with van der Waals surface area (Å²) in [6.07, 6.45) is 1.18. The molecule has 3 aromatic carbocycles. The second kappa shape index (κ2) is 9.58. The number of hydrogen-bond donors (Lipinski definition) is 0. The van der Waals surface area contributed by atoms with Crippen LogP contribution in [0.1, 0.15) is 27.6 Å². The smallest absolute Gasteiger partial charge is 0.343 e. The fourth-order valence-corrected chi connectivity index (χ4v) is 3.10. The summed E-state index contributed by atoms with van der Waals surface area (Å²) in [5.74, 6) is -0.476. The third kappa shape index (κ3) is 5.05. The molecular weight excluding hydrogens is 448 g/mol. The van der Waals surface area contributed by atoms with Crippen LogP contribution in [-0.2, 0) is 4.74 Å².